The molecule has 1 rings (SSSR count). The Balaban J connectivity index is 2.86. The van der Waals surface area contributed by atoms with Crippen molar-refractivity contribution < 1.29 is 18.4 Å². The maximum Gasteiger partial charge on any atom is 0.235 e. The zero-order valence-corrected chi connectivity index (χ0v) is 11.6. The summed E-state index contributed by atoms with van der Waals surface area (Å²) in [6, 6.07) is -0.340. The smallest absolute Gasteiger partial charge is 0.235 e. The molecule has 0 aromatic heterocycles. The Hall–Kier alpha value is -1.31. The molecular weight excluding hydrogens is 258 g/mol. The van der Waals surface area contributed by atoms with Gasteiger partial charge in [0.2, 0.25) is 5.91 Å². The summed E-state index contributed by atoms with van der Waals surface area (Å²) in [5.74, 6) is -0.485. The van der Waals surface area contributed by atoms with Crippen LogP contribution in [0.5, 0.6) is 0 Å². The fourth-order valence-electron chi connectivity index (χ4n) is 1.92. The highest BCUT2D eigenvalue weighted by Gasteiger charge is 2.40. The van der Waals surface area contributed by atoms with Gasteiger partial charge in [0.05, 0.1) is 11.5 Å². The molecule has 1 heterocycles. The molecule has 0 aromatic carbocycles. The van der Waals surface area contributed by atoms with E-state index in [1.54, 1.807) is 7.05 Å². The van der Waals surface area contributed by atoms with Crippen LogP contribution in [0.2, 0.25) is 0 Å². The predicted octanol–water partition coefficient (Wildman–Crippen LogP) is -0.595. The number of amidine groups is 1. The Morgan fingerprint density at radius 3 is 2.44 bits per heavy atom. The van der Waals surface area contributed by atoms with Gasteiger partial charge in [-0.3, -0.25) is 4.79 Å². The van der Waals surface area contributed by atoms with E-state index in [-0.39, 0.29) is 29.3 Å². The molecule has 1 aliphatic heterocycles. The Morgan fingerprint density at radius 2 is 2.06 bits per heavy atom. The highest BCUT2D eigenvalue weighted by Crippen LogP contribution is 2.24. The first-order chi connectivity index (χ1) is 8.12. The van der Waals surface area contributed by atoms with E-state index >= 15 is 0 Å². The Morgan fingerprint density at radius 1 is 1.50 bits per heavy atom. The molecule has 0 aliphatic carbocycles. The average molecular weight is 277 g/mol. The normalized spacial score (nSPS) is 23.9. The minimum atomic E-state index is -3.05. The number of rotatable bonds is 3. The lowest BCUT2D eigenvalue weighted by Crippen LogP contribution is -2.50. The fourth-order valence-corrected chi connectivity index (χ4v) is 3.70. The van der Waals surface area contributed by atoms with E-state index in [0.717, 1.165) is 0 Å². The standard InChI is InChI=1S/C10H19N3O4S/c1-10(2,8(11)12-15)9(14)13(3)7-4-5-18(16,17)6-7/h7,15H,4-6H2,1-3H3,(H2,11,12). The number of hydrogen-bond acceptors (Lipinski definition) is 5. The Kier molecular flexibility index (Phi) is 3.89. The Labute approximate surface area is 107 Å². The molecule has 1 atom stereocenters. The molecular formula is C10H19N3O4S. The van der Waals surface area contributed by atoms with Gasteiger partial charge in [-0.1, -0.05) is 5.16 Å². The predicted molar refractivity (Wildman–Crippen MR) is 67.0 cm³/mol. The summed E-state index contributed by atoms with van der Waals surface area (Å²) >= 11 is 0. The van der Waals surface area contributed by atoms with E-state index in [2.05, 4.69) is 5.16 Å². The van der Waals surface area contributed by atoms with E-state index in [1.165, 1.54) is 18.7 Å². The zero-order valence-electron chi connectivity index (χ0n) is 10.8. The molecule has 18 heavy (non-hydrogen) atoms. The molecule has 0 spiro atoms. The second-order valence-corrected chi connectivity index (χ2v) is 7.31. The largest absolute Gasteiger partial charge is 0.409 e. The van der Waals surface area contributed by atoms with E-state index < -0.39 is 15.3 Å². The van der Waals surface area contributed by atoms with E-state index in [1.807, 2.05) is 0 Å². The van der Waals surface area contributed by atoms with Gasteiger partial charge in [0.1, 0.15) is 5.41 Å². The van der Waals surface area contributed by atoms with Crippen LogP contribution in [0.4, 0.5) is 0 Å². The molecule has 1 unspecified atom stereocenters. The van der Waals surface area contributed by atoms with Gasteiger partial charge in [-0.05, 0) is 20.3 Å². The van der Waals surface area contributed by atoms with Crippen molar-refractivity contribution >= 4 is 21.6 Å². The SMILES string of the molecule is CN(C(=O)C(C)(C)C(N)=NO)C1CCS(=O)(=O)C1. The van der Waals surface area contributed by atoms with Crippen LogP contribution in [0, 0.1) is 5.41 Å². The summed E-state index contributed by atoms with van der Waals surface area (Å²) in [5.41, 5.74) is 4.32. The second kappa shape index (κ2) is 4.75. The number of oxime groups is 1. The lowest BCUT2D eigenvalue weighted by atomic mass is 9.89. The topological polar surface area (TPSA) is 113 Å². The van der Waals surface area contributed by atoms with Gasteiger partial charge < -0.3 is 15.8 Å². The first-order valence-electron chi connectivity index (χ1n) is 5.57. The molecule has 0 radical (unpaired) electrons. The van der Waals surface area contributed by atoms with Crippen LogP contribution in [-0.4, -0.2) is 54.9 Å². The molecule has 8 heteroatoms. The molecule has 1 aliphatic rings. The van der Waals surface area contributed by atoms with Gasteiger partial charge in [-0.25, -0.2) is 8.42 Å². The molecule has 1 amide bonds. The minimum absolute atomic E-state index is 0.0263. The van der Waals surface area contributed by atoms with Crippen LogP contribution >= 0.6 is 0 Å². The number of amides is 1. The van der Waals surface area contributed by atoms with E-state index in [9.17, 15) is 13.2 Å². The molecule has 3 N–H and O–H groups in total. The van der Waals surface area contributed by atoms with Crippen LogP contribution < -0.4 is 5.73 Å². The quantitative estimate of drug-likeness (QED) is 0.310. The zero-order chi connectivity index (χ0) is 14.1. The summed E-state index contributed by atoms with van der Waals surface area (Å²) in [6.07, 6.45) is 0.427. The average Bonchev–Trinajstić information content (AvgIpc) is 2.66. The van der Waals surface area contributed by atoms with Gasteiger partial charge >= 0.3 is 0 Å². The molecule has 0 saturated carbocycles. The van der Waals surface area contributed by atoms with Crippen molar-refractivity contribution in [2.45, 2.75) is 26.3 Å². The van der Waals surface area contributed by atoms with Crippen LogP contribution in [-0.2, 0) is 14.6 Å². The lowest BCUT2D eigenvalue weighted by molar-refractivity contribution is -0.137. The van der Waals surface area contributed by atoms with Gasteiger partial charge in [0, 0.05) is 13.1 Å². The second-order valence-electron chi connectivity index (χ2n) is 5.08. The van der Waals surface area contributed by atoms with Crippen molar-refractivity contribution in [1.29, 1.82) is 0 Å². The summed E-state index contributed by atoms with van der Waals surface area (Å²) < 4.78 is 22.8. The highest BCUT2D eigenvalue weighted by atomic mass is 32.2. The third-order valence-corrected chi connectivity index (χ3v) is 5.11. The summed E-state index contributed by atoms with van der Waals surface area (Å²) in [6.45, 7) is 3.06. The van der Waals surface area contributed by atoms with Gasteiger partial charge in [-0.2, -0.15) is 0 Å². The first kappa shape index (κ1) is 14.7. The molecule has 0 bridgehead atoms. The fraction of sp³-hybridized carbons (Fsp3) is 0.800. The number of sulfone groups is 1. The van der Waals surface area contributed by atoms with Crippen molar-refractivity contribution in [3.8, 4) is 0 Å². The monoisotopic (exact) mass is 277 g/mol. The third kappa shape index (κ3) is 2.74. The number of hydrogen-bond donors (Lipinski definition) is 2. The van der Waals surface area contributed by atoms with E-state index in [0.29, 0.717) is 6.42 Å². The van der Waals surface area contributed by atoms with Crippen molar-refractivity contribution in [2.75, 3.05) is 18.6 Å². The number of nitrogens with two attached hydrogens (primary N) is 1. The minimum Gasteiger partial charge on any atom is -0.409 e. The van der Waals surface area contributed by atoms with Crippen LogP contribution in [0.15, 0.2) is 5.16 Å². The van der Waals surface area contributed by atoms with Crippen molar-refractivity contribution in [2.24, 2.45) is 16.3 Å². The lowest BCUT2D eigenvalue weighted by Gasteiger charge is -2.31. The maximum atomic E-state index is 12.2. The van der Waals surface area contributed by atoms with Crippen LogP contribution in [0.25, 0.3) is 0 Å². The van der Waals surface area contributed by atoms with Crippen molar-refractivity contribution in [1.82, 2.24) is 4.90 Å². The van der Waals surface area contributed by atoms with Gasteiger partial charge in [0.15, 0.2) is 15.7 Å². The summed E-state index contributed by atoms with van der Waals surface area (Å²) in [4.78, 5) is 13.6. The van der Waals surface area contributed by atoms with Gasteiger partial charge in [-0.15, -0.1) is 0 Å². The molecule has 7 nitrogen and oxygen atoms in total. The number of nitrogens with zero attached hydrogens (tertiary/aromatic N) is 2. The maximum absolute atomic E-state index is 12.2. The molecule has 0 aromatic rings. The third-order valence-electron chi connectivity index (χ3n) is 3.36. The van der Waals surface area contributed by atoms with Crippen molar-refractivity contribution in [3.05, 3.63) is 0 Å². The van der Waals surface area contributed by atoms with E-state index in [4.69, 9.17) is 10.9 Å². The molecule has 1 saturated heterocycles. The molecule has 1 fully saturated rings. The number of carbonyl (C=O) groups is 1. The Bertz CT molecular complexity index is 470. The number of carbonyl (C=O) groups excluding carboxylic acids is 1. The highest BCUT2D eigenvalue weighted by molar-refractivity contribution is 7.91. The van der Waals surface area contributed by atoms with Crippen LogP contribution in [0.3, 0.4) is 0 Å². The van der Waals surface area contributed by atoms with Crippen LogP contribution in [0.1, 0.15) is 20.3 Å². The summed E-state index contributed by atoms with van der Waals surface area (Å²) in [7, 11) is -1.51. The van der Waals surface area contributed by atoms with Crippen molar-refractivity contribution in [3.63, 3.8) is 0 Å². The molecule has 104 valence electrons. The summed E-state index contributed by atoms with van der Waals surface area (Å²) in [5, 5.41) is 11.5. The van der Waals surface area contributed by atoms with Gasteiger partial charge in [0.25, 0.3) is 0 Å². The first-order valence-corrected chi connectivity index (χ1v) is 7.39.